The molecule has 0 aliphatic carbocycles. The van der Waals surface area contributed by atoms with Crippen LogP contribution in [-0.4, -0.2) is 26.4 Å². The van der Waals surface area contributed by atoms with Gasteiger partial charge >= 0.3 is 0 Å². The molecule has 1 heterocycles. The van der Waals surface area contributed by atoms with Crippen molar-refractivity contribution in [3.63, 3.8) is 0 Å². The normalized spacial score (nSPS) is 24.3. The predicted octanol–water partition coefficient (Wildman–Crippen LogP) is 4.31. The first-order valence-electron chi connectivity index (χ1n) is 6.27. The predicted molar refractivity (Wildman–Crippen MR) is 79.4 cm³/mol. The number of alkyl halides is 1. The van der Waals surface area contributed by atoms with Crippen molar-refractivity contribution in [3.8, 4) is 11.5 Å². The number of rotatable bonds is 4. The average Bonchev–Trinajstić information content (AvgIpc) is 2.84. The number of hydrogen-bond acceptors (Lipinski definition) is 3. The second kappa shape index (κ2) is 6.33. The fraction of sp³-hybridized carbons (Fsp3) is 0.571. The zero-order valence-electron chi connectivity index (χ0n) is 11.3. The van der Waals surface area contributed by atoms with Gasteiger partial charge in [-0.2, -0.15) is 0 Å². The first-order valence-corrected chi connectivity index (χ1v) is 7.50. The Balaban J connectivity index is 2.31. The highest BCUT2D eigenvalue weighted by Crippen LogP contribution is 2.42. The van der Waals surface area contributed by atoms with E-state index in [1.165, 1.54) is 0 Å². The summed E-state index contributed by atoms with van der Waals surface area (Å²) in [6, 6.07) is 3.79. The third-order valence-corrected chi connectivity index (χ3v) is 4.53. The van der Waals surface area contributed by atoms with Gasteiger partial charge in [-0.3, -0.25) is 0 Å². The van der Waals surface area contributed by atoms with Gasteiger partial charge in [-0.25, -0.2) is 0 Å². The molecule has 3 unspecified atom stereocenters. The van der Waals surface area contributed by atoms with Gasteiger partial charge in [0, 0.05) is 5.56 Å². The van der Waals surface area contributed by atoms with Crippen molar-refractivity contribution in [1.29, 1.82) is 0 Å². The van der Waals surface area contributed by atoms with Crippen molar-refractivity contribution in [2.75, 3.05) is 14.2 Å². The molecule has 1 fully saturated rings. The number of hydrogen-bond donors (Lipinski definition) is 0. The lowest BCUT2D eigenvalue weighted by molar-refractivity contribution is 0.0529. The van der Waals surface area contributed by atoms with E-state index >= 15 is 0 Å². The highest BCUT2D eigenvalue weighted by Gasteiger charge is 2.31. The lowest BCUT2D eigenvalue weighted by Crippen LogP contribution is -2.15. The summed E-state index contributed by atoms with van der Waals surface area (Å²) in [6.07, 6.45) is 2.31. The summed E-state index contributed by atoms with van der Waals surface area (Å²) >= 11 is 10.0. The standard InChI is InChI=1S/C14H18BrClO3/c1-8-4-5-11(19-8)14(16)9-6-13(18-3)10(15)7-12(9)17-2/h6-8,11,14H,4-5H2,1-3H3. The lowest BCUT2D eigenvalue weighted by atomic mass is 10.0. The molecular weight excluding hydrogens is 332 g/mol. The highest BCUT2D eigenvalue weighted by atomic mass is 79.9. The Morgan fingerprint density at radius 3 is 2.47 bits per heavy atom. The van der Waals surface area contributed by atoms with Crippen molar-refractivity contribution < 1.29 is 14.2 Å². The minimum atomic E-state index is -0.234. The number of ether oxygens (including phenoxy) is 3. The SMILES string of the molecule is COc1cc(C(Cl)C2CCC(C)O2)c(OC)cc1Br. The molecule has 2 rings (SSSR count). The molecule has 1 aliphatic rings. The zero-order chi connectivity index (χ0) is 14.0. The van der Waals surface area contributed by atoms with Crippen molar-refractivity contribution in [3.05, 3.63) is 22.2 Å². The molecule has 0 saturated carbocycles. The molecule has 1 aliphatic heterocycles. The number of benzene rings is 1. The van der Waals surface area contributed by atoms with Gasteiger partial charge in [0.1, 0.15) is 11.5 Å². The molecule has 1 aromatic carbocycles. The largest absolute Gasteiger partial charge is 0.496 e. The third kappa shape index (κ3) is 3.18. The van der Waals surface area contributed by atoms with Gasteiger partial charge in [0.25, 0.3) is 0 Å². The minimum Gasteiger partial charge on any atom is -0.496 e. The summed E-state index contributed by atoms with van der Waals surface area (Å²) < 4.78 is 17.4. The van der Waals surface area contributed by atoms with Crippen LogP contribution >= 0.6 is 27.5 Å². The van der Waals surface area contributed by atoms with Crippen LogP contribution in [0.5, 0.6) is 11.5 Å². The summed E-state index contributed by atoms with van der Waals surface area (Å²) in [7, 11) is 3.27. The molecule has 0 aromatic heterocycles. The molecule has 0 N–H and O–H groups in total. The maximum atomic E-state index is 6.57. The third-order valence-electron chi connectivity index (χ3n) is 3.39. The van der Waals surface area contributed by atoms with E-state index in [1.807, 2.05) is 12.1 Å². The van der Waals surface area contributed by atoms with E-state index < -0.39 is 0 Å². The van der Waals surface area contributed by atoms with Gasteiger partial charge in [0.2, 0.25) is 0 Å². The van der Waals surface area contributed by atoms with Crippen molar-refractivity contribution >= 4 is 27.5 Å². The minimum absolute atomic E-state index is 0.0245. The van der Waals surface area contributed by atoms with Crippen LogP contribution in [-0.2, 0) is 4.74 Å². The van der Waals surface area contributed by atoms with Crippen LogP contribution in [0, 0.1) is 0 Å². The highest BCUT2D eigenvalue weighted by molar-refractivity contribution is 9.10. The summed E-state index contributed by atoms with van der Waals surface area (Å²) in [4.78, 5) is 0. The van der Waals surface area contributed by atoms with Crippen LogP contribution in [0.15, 0.2) is 16.6 Å². The molecular formula is C14H18BrClO3. The van der Waals surface area contributed by atoms with E-state index in [0.29, 0.717) is 0 Å². The van der Waals surface area contributed by atoms with Gasteiger partial charge in [-0.1, -0.05) is 0 Å². The van der Waals surface area contributed by atoms with E-state index in [0.717, 1.165) is 34.4 Å². The van der Waals surface area contributed by atoms with Crippen molar-refractivity contribution in [2.45, 2.75) is 37.4 Å². The van der Waals surface area contributed by atoms with Gasteiger partial charge in [-0.15, -0.1) is 11.6 Å². The summed E-state index contributed by atoms with van der Waals surface area (Å²) in [5.74, 6) is 1.49. The van der Waals surface area contributed by atoms with Crippen LogP contribution in [0.3, 0.4) is 0 Å². The number of halogens is 2. The van der Waals surface area contributed by atoms with Crippen molar-refractivity contribution in [2.24, 2.45) is 0 Å². The molecule has 5 heteroatoms. The summed E-state index contributed by atoms with van der Waals surface area (Å²) in [5, 5.41) is -0.234. The summed E-state index contributed by atoms with van der Waals surface area (Å²) in [6.45, 7) is 2.07. The van der Waals surface area contributed by atoms with Crippen LogP contribution in [0.4, 0.5) is 0 Å². The average molecular weight is 350 g/mol. The van der Waals surface area contributed by atoms with Crippen LogP contribution in [0.25, 0.3) is 0 Å². The molecule has 106 valence electrons. The lowest BCUT2D eigenvalue weighted by Gasteiger charge is -2.21. The molecule has 1 aromatic rings. The molecule has 3 nitrogen and oxygen atoms in total. The first-order chi connectivity index (χ1) is 9.06. The Bertz CT molecular complexity index is 453. The second-order valence-electron chi connectivity index (χ2n) is 4.69. The van der Waals surface area contributed by atoms with Gasteiger partial charge in [0.05, 0.1) is 36.3 Å². The zero-order valence-corrected chi connectivity index (χ0v) is 13.6. The van der Waals surface area contributed by atoms with E-state index in [4.69, 9.17) is 25.8 Å². The molecule has 3 atom stereocenters. The Kier molecular flexibility index (Phi) is 4.98. The van der Waals surface area contributed by atoms with Crippen molar-refractivity contribution in [1.82, 2.24) is 0 Å². The van der Waals surface area contributed by atoms with Crippen LogP contribution < -0.4 is 9.47 Å². The Hall–Kier alpha value is -0.450. The van der Waals surface area contributed by atoms with Crippen LogP contribution in [0.1, 0.15) is 30.7 Å². The smallest absolute Gasteiger partial charge is 0.133 e. The fourth-order valence-electron chi connectivity index (χ4n) is 2.35. The van der Waals surface area contributed by atoms with E-state index in [9.17, 15) is 0 Å². The fourth-order valence-corrected chi connectivity index (χ4v) is 3.19. The van der Waals surface area contributed by atoms with Gasteiger partial charge < -0.3 is 14.2 Å². The van der Waals surface area contributed by atoms with Gasteiger partial charge in [0.15, 0.2) is 0 Å². The van der Waals surface area contributed by atoms with E-state index in [1.54, 1.807) is 14.2 Å². The quantitative estimate of drug-likeness (QED) is 0.758. The topological polar surface area (TPSA) is 27.7 Å². The molecule has 1 saturated heterocycles. The number of methoxy groups -OCH3 is 2. The Morgan fingerprint density at radius 2 is 1.95 bits per heavy atom. The molecule has 0 bridgehead atoms. The van der Waals surface area contributed by atoms with Crippen LogP contribution in [0.2, 0.25) is 0 Å². The Morgan fingerprint density at radius 1 is 1.26 bits per heavy atom. The van der Waals surface area contributed by atoms with E-state index in [-0.39, 0.29) is 17.6 Å². The molecule has 19 heavy (non-hydrogen) atoms. The van der Waals surface area contributed by atoms with E-state index in [2.05, 4.69) is 22.9 Å². The summed E-state index contributed by atoms with van der Waals surface area (Å²) in [5.41, 5.74) is 0.906. The Labute approximate surface area is 127 Å². The molecule has 0 spiro atoms. The monoisotopic (exact) mass is 348 g/mol. The maximum Gasteiger partial charge on any atom is 0.133 e. The van der Waals surface area contributed by atoms with Gasteiger partial charge in [-0.05, 0) is 47.8 Å². The molecule has 0 amide bonds. The maximum absolute atomic E-state index is 6.57. The molecule has 0 radical (unpaired) electrons. The first kappa shape index (κ1) is 14.9. The second-order valence-corrected chi connectivity index (χ2v) is 6.02.